The van der Waals surface area contributed by atoms with Crippen LogP contribution in [0.3, 0.4) is 0 Å². The molecule has 0 rings (SSSR count). The molecule has 0 fully saturated rings. The molecule has 0 saturated heterocycles. The van der Waals surface area contributed by atoms with Crippen molar-refractivity contribution in [1.82, 2.24) is 0 Å². The van der Waals surface area contributed by atoms with E-state index in [4.69, 9.17) is 53.5 Å². The van der Waals surface area contributed by atoms with Crippen molar-refractivity contribution in [3.63, 3.8) is 0 Å². The Bertz CT molecular complexity index is 1200. The van der Waals surface area contributed by atoms with Gasteiger partial charge in [-0.3, -0.25) is 0 Å². The summed E-state index contributed by atoms with van der Waals surface area (Å²) in [5.41, 5.74) is 0. The van der Waals surface area contributed by atoms with E-state index in [1.165, 1.54) is 0 Å². The fourth-order valence-electron chi connectivity index (χ4n) is 8.24. The first-order chi connectivity index (χ1) is 24.2. The number of hydrogen-bond acceptors (Lipinski definition) is 13. The molecule has 0 aromatic carbocycles. The minimum absolute atomic E-state index is 1.76. The SMILES string of the molecule is C[Si](C)(C)O[Si](C)(C)O[Si](C)(C)O[Si](C)(C)O[Si](C)(C)O[Si](C)(C)O[Si](C)(C)O[Si](C)(C)O[Si](C)(C)O[Si](C)(C)O[Si](C)(C)O[Si](C)(C)O[Si](C)(C)O[Si](C)(C)C. The lowest BCUT2D eigenvalue weighted by Crippen LogP contribution is -2.63. The van der Waals surface area contributed by atoms with Gasteiger partial charge in [0, 0.05) is 0 Å². The van der Waals surface area contributed by atoms with E-state index in [0.717, 1.165) is 0 Å². The van der Waals surface area contributed by atoms with E-state index in [1.54, 1.807) is 0 Å². The Hall–Kier alpha value is 2.52. The zero-order valence-corrected chi connectivity index (χ0v) is 56.3. The molecular weight excluding hydrogens is 962 g/mol. The highest BCUT2D eigenvalue weighted by Crippen LogP contribution is 2.32. The highest BCUT2D eigenvalue weighted by molar-refractivity contribution is 6.94. The Labute approximate surface area is 366 Å². The molecule has 0 heterocycles. The summed E-state index contributed by atoms with van der Waals surface area (Å²) in [5, 5.41) is 0. The third-order valence-corrected chi connectivity index (χ3v) is 58.6. The Balaban J connectivity index is 5.65. The fourth-order valence-corrected chi connectivity index (χ4v) is 78.6. The molecule has 0 N–H and O–H groups in total. The first kappa shape index (κ1) is 59.5. The van der Waals surface area contributed by atoms with E-state index in [-0.39, 0.29) is 0 Å². The van der Waals surface area contributed by atoms with Crippen molar-refractivity contribution in [2.45, 2.75) is 196 Å². The lowest BCUT2D eigenvalue weighted by Gasteiger charge is -2.45. The van der Waals surface area contributed by atoms with Crippen LogP contribution in [0, 0.1) is 0 Å². The summed E-state index contributed by atoms with van der Waals surface area (Å²) in [6.45, 7) is 63.0. The van der Waals surface area contributed by atoms with Gasteiger partial charge in [0.05, 0.1) is 0 Å². The van der Waals surface area contributed by atoms with Crippen LogP contribution in [0.1, 0.15) is 0 Å². The van der Waals surface area contributed by atoms with E-state index in [2.05, 4.69) is 196 Å². The van der Waals surface area contributed by atoms with E-state index < -0.39 is 119 Å². The zero-order valence-electron chi connectivity index (χ0n) is 42.3. The van der Waals surface area contributed by atoms with Gasteiger partial charge >= 0.3 is 103 Å². The van der Waals surface area contributed by atoms with Crippen LogP contribution in [0.4, 0.5) is 0 Å². The van der Waals surface area contributed by atoms with E-state index in [1.807, 2.05) is 0 Å². The third kappa shape index (κ3) is 28.8. The van der Waals surface area contributed by atoms with Gasteiger partial charge in [0.25, 0.3) is 0 Å². The van der Waals surface area contributed by atoms with Gasteiger partial charge in [0.1, 0.15) is 0 Å². The van der Waals surface area contributed by atoms with Crippen molar-refractivity contribution in [1.29, 1.82) is 0 Å². The lowest BCUT2D eigenvalue weighted by atomic mass is 11.8. The molecule has 13 nitrogen and oxygen atoms in total. The van der Waals surface area contributed by atoms with Crippen molar-refractivity contribution in [3.8, 4) is 0 Å². The van der Waals surface area contributed by atoms with Crippen LogP contribution >= 0.6 is 0 Å². The monoisotopic (exact) mass is 1050 g/mol. The minimum atomic E-state index is -2.75. The maximum absolute atomic E-state index is 6.85. The Morgan fingerprint density at radius 2 is 0.193 bits per heavy atom. The van der Waals surface area contributed by atoms with Crippen molar-refractivity contribution in [3.05, 3.63) is 0 Å². The summed E-state index contributed by atoms with van der Waals surface area (Å²) in [4.78, 5) is 0. The highest BCUT2D eigenvalue weighted by Gasteiger charge is 2.52. The molecular formula is C30H90O13Si14. The van der Waals surface area contributed by atoms with E-state index in [9.17, 15) is 0 Å². The molecule has 0 aliphatic heterocycles. The van der Waals surface area contributed by atoms with E-state index >= 15 is 0 Å². The quantitative estimate of drug-likeness (QED) is 0.0765. The second-order valence-electron chi connectivity index (χ2n) is 22.3. The molecule has 0 radical (unpaired) electrons. The Morgan fingerprint density at radius 1 is 0.123 bits per heavy atom. The fraction of sp³-hybridized carbons (Fsp3) is 1.00. The van der Waals surface area contributed by atoms with Crippen LogP contribution in [0.15, 0.2) is 0 Å². The maximum Gasteiger partial charge on any atom is 0.314 e. The molecule has 0 saturated carbocycles. The molecule has 0 atom stereocenters. The summed E-state index contributed by atoms with van der Waals surface area (Å²) >= 11 is 0. The Morgan fingerprint density at radius 3 is 0.263 bits per heavy atom. The number of rotatable bonds is 26. The van der Waals surface area contributed by atoms with Gasteiger partial charge in [-0.2, -0.15) is 0 Å². The van der Waals surface area contributed by atoms with Crippen molar-refractivity contribution >= 4 is 119 Å². The third-order valence-electron chi connectivity index (χ3n) is 6.51. The smallest absolute Gasteiger partial charge is 0.314 e. The van der Waals surface area contributed by atoms with Crippen molar-refractivity contribution < 1.29 is 53.5 Å². The first-order valence-electron chi connectivity index (χ1n) is 20.3. The topological polar surface area (TPSA) is 120 Å². The molecule has 27 heteroatoms. The highest BCUT2D eigenvalue weighted by atomic mass is 28.5. The molecule has 344 valence electrons. The van der Waals surface area contributed by atoms with Crippen molar-refractivity contribution in [2.75, 3.05) is 0 Å². The normalized spacial score (nSPS) is 16.1. The minimum Gasteiger partial charge on any atom is -0.437 e. The molecule has 0 aromatic rings. The molecule has 0 bridgehead atoms. The average molecular weight is 1050 g/mol. The molecule has 0 aromatic heterocycles. The second-order valence-corrected chi connectivity index (χ2v) is 75.0. The lowest BCUT2D eigenvalue weighted by molar-refractivity contribution is 0.252. The van der Waals surface area contributed by atoms with E-state index in [0.29, 0.717) is 0 Å². The molecule has 0 spiro atoms. The first-order valence-corrected chi connectivity index (χ1v) is 60.9. The average Bonchev–Trinajstić information content (AvgIpc) is 2.63. The largest absolute Gasteiger partial charge is 0.437 e. The molecule has 0 amide bonds. The summed E-state index contributed by atoms with van der Waals surface area (Å²) in [6, 6.07) is 0. The van der Waals surface area contributed by atoms with Gasteiger partial charge in [0.2, 0.25) is 0 Å². The van der Waals surface area contributed by atoms with Crippen LogP contribution in [0.5, 0.6) is 0 Å². The summed E-state index contributed by atoms with van der Waals surface area (Å²) < 4.78 is 87.4. The van der Waals surface area contributed by atoms with Crippen LogP contribution in [0.2, 0.25) is 196 Å². The van der Waals surface area contributed by atoms with Crippen LogP contribution in [0.25, 0.3) is 0 Å². The van der Waals surface area contributed by atoms with Gasteiger partial charge < -0.3 is 53.5 Å². The van der Waals surface area contributed by atoms with Gasteiger partial charge in [-0.05, 0) is 196 Å². The van der Waals surface area contributed by atoms with Crippen LogP contribution in [-0.4, -0.2) is 119 Å². The van der Waals surface area contributed by atoms with Crippen molar-refractivity contribution in [2.24, 2.45) is 0 Å². The molecule has 0 unspecified atom stereocenters. The standard InChI is InChI=1S/C30H90O13Si14/c1-44(2,3)31-46(7,8)33-48(11,12)35-50(15,16)37-52(19,20)39-54(23,24)41-56(27,28)43-57(29,30)42-55(25,26)40-53(21,22)38-51(17,18)36-49(13,14)34-47(9,10)32-45(4,5)6/h1-30H3. The van der Waals surface area contributed by atoms with Gasteiger partial charge in [-0.25, -0.2) is 0 Å². The zero-order chi connectivity index (χ0) is 46.2. The van der Waals surface area contributed by atoms with Gasteiger partial charge in [0.15, 0.2) is 16.6 Å². The molecule has 57 heavy (non-hydrogen) atoms. The Kier molecular flexibility index (Phi) is 20.4. The summed E-state index contributed by atoms with van der Waals surface area (Å²) in [7, 11) is -35.2. The van der Waals surface area contributed by atoms with Crippen LogP contribution < -0.4 is 0 Å². The molecule has 0 aliphatic carbocycles. The van der Waals surface area contributed by atoms with Gasteiger partial charge in [-0.15, -0.1) is 0 Å². The second kappa shape index (κ2) is 19.5. The summed E-state index contributed by atoms with van der Waals surface area (Å²) in [6.07, 6.45) is 0. The predicted octanol–water partition coefficient (Wildman–Crippen LogP) is 11.3. The maximum atomic E-state index is 6.85. The van der Waals surface area contributed by atoms with Crippen LogP contribution in [-0.2, 0) is 53.5 Å². The van der Waals surface area contributed by atoms with Gasteiger partial charge in [-0.1, -0.05) is 0 Å². The number of hydrogen-bond donors (Lipinski definition) is 0. The predicted molar refractivity (Wildman–Crippen MR) is 271 cm³/mol. The molecule has 0 aliphatic rings. The summed E-state index contributed by atoms with van der Waals surface area (Å²) in [5.74, 6) is 0.